The number of ether oxygens (including phenoxy) is 2. The van der Waals surface area contributed by atoms with Gasteiger partial charge in [-0.15, -0.1) is 0 Å². The van der Waals surface area contributed by atoms with Crippen LogP contribution in [0.2, 0.25) is 0 Å². The number of nitrogens with two attached hydrogens (primary N) is 1. The highest BCUT2D eigenvalue weighted by Crippen LogP contribution is 2.30. The predicted molar refractivity (Wildman–Crippen MR) is 73.3 cm³/mol. The maximum atomic E-state index is 11.3. The van der Waals surface area contributed by atoms with Crippen LogP contribution in [0.3, 0.4) is 0 Å². The van der Waals surface area contributed by atoms with Gasteiger partial charge in [0.2, 0.25) is 0 Å². The third-order valence-electron chi connectivity index (χ3n) is 3.49. The molecular formula is C15H21NO3. The molecule has 0 amide bonds. The maximum absolute atomic E-state index is 11.3. The second kappa shape index (κ2) is 6.06. The molecule has 1 aromatic rings. The van der Waals surface area contributed by atoms with E-state index in [2.05, 4.69) is 6.07 Å². The van der Waals surface area contributed by atoms with Crippen molar-refractivity contribution in [2.45, 2.75) is 38.6 Å². The van der Waals surface area contributed by atoms with Crippen LogP contribution in [-0.4, -0.2) is 25.7 Å². The van der Waals surface area contributed by atoms with Crippen molar-refractivity contribution in [3.05, 3.63) is 28.8 Å². The number of aryl methyl sites for hydroxylation is 1. The summed E-state index contributed by atoms with van der Waals surface area (Å²) in [6, 6.07) is 4.29. The van der Waals surface area contributed by atoms with Crippen molar-refractivity contribution in [2.24, 2.45) is 5.73 Å². The standard InChI is InChI=1S/C15H21NO3/c1-3-19-13-7-10(4-5-15(17)18-2)14-9-12(16)6-11(14)8-13/h7-8,12H,3-6,9,16H2,1-2H3. The van der Waals surface area contributed by atoms with Crippen molar-refractivity contribution in [2.75, 3.05) is 13.7 Å². The summed E-state index contributed by atoms with van der Waals surface area (Å²) in [5, 5.41) is 0. The number of carbonyl (C=O) groups excluding carboxylic acids is 1. The Morgan fingerprint density at radius 1 is 1.42 bits per heavy atom. The molecule has 1 aromatic carbocycles. The van der Waals surface area contributed by atoms with Crippen LogP contribution in [-0.2, 0) is 28.8 Å². The summed E-state index contributed by atoms with van der Waals surface area (Å²) in [5.41, 5.74) is 9.75. The van der Waals surface area contributed by atoms with Crippen molar-refractivity contribution in [1.29, 1.82) is 0 Å². The first-order chi connectivity index (χ1) is 9.13. The Balaban J connectivity index is 2.22. The van der Waals surface area contributed by atoms with Gasteiger partial charge < -0.3 is 15.2 Å². The lowest BCUT2D eigenvalue weighted by molar-refractivity contribution is -0.140. The summed E-state index contributed by atoms with van der Waals surface area (Å²) >= 11 is 0. The Morgan fingerprint density at radius 2 is 2.21 bits per heavy atom. The molecule has 0 spiro atoms. The molecule has 4 nitrogen and oxygen atoms in total. The average Bonchev–Trinajstić information content (AvgIpc) is 2.76. The minimum atomic E-state index is -0.183. The Bertz CT molecular complexity index is 471. The molecule has 0 heterocycles. The molecule has 104 valence electrons. The van der Waals surface area contributed by atoms with E-state index in [1.807, 2.05) is 13.0 Å². The van der Waals surface area contributed by atoms with Crippen LogP contribution in [0, 0.1) is 0 Å². The number of hydrogen-bond donors (Lipinski definition) is 1. The van der Waals surface area contributed by atoms with Gasteiger partial charge in [0.05, 0.1) is 13.7 Å². The number of hydrogen-bond acceptors (Lipinski definition) is 4. The maximum Gasteiger partial charge on any atom is 0.305 e. The van der Waals surface area contributed by atoms with Gasteiger partial charge in [0.15, 0.2) is 0 Å². The van der Waals surface area contributed by atoms with Gasteiger partial charge in [0.1, 0.15) is 5.75 Å². The Hall–Kier alpha value is -1.55. The van der Waals surface area contributed by atoms with E-state index >= 15 is 0 Å². The number of methoxy groups -OCH3 is 1. The van der Waals surface area contributed by atoms with E-state index in [0.717, 1.165) is 18.6 Å². The molecule has 1 aliphatic rings. The van der Waals surface area contributed by atoms with E-state index in [1.165, 1.54) is 23.8 Å². The number of carbonyl (C=O) groups is 1. The summed E-state index contributed by atoms with van der Waals surface area (Å²) in [6.07, 6.45) is 2.86. The van der Waals surface area contributed by atoms with Gasteiger partial charge in [-0.25, -0.2) is 0 Å². The predicted octanol–water partition coefficient (Wildman–Crippen LogP) is 1.62. The Labute approximate surface area is 113 Å². The van der Waals surface area contributed by atoms with Crippen LogP contribution in [0.1, 0.15) is 30.0 Å². The Morgan fingerprint density at radius 3 is 2.89 bits per heavy atom. The first-order valence-electron chi connectivity index (χ1n) is 6.74. The summed E-state index contributed by atoms with van der Waals surface area (Å²) in [7, 11) is 1.42. The SMILES string of the molecule is CCOc1cc(CCC(=O)OC)c2c(c1)CC(N)C2. The zero-order valence-electron chi connectivity index (χ0n) is 11.6. The van der Waals surface area contributed by atoms with E-state index in [0.29, 0.717) is 19.4 Å². The molecule has 2 rings (SSSR count). The number of benzene rings is 1. The van der Waals surface area contributed by atoms with Crippen LogP contribution < -0.4 is 10.5 Å². The van der Waals surface area contributed by atoms with E-state index in [1.54, 1.807) is 0 Å². The summed E-state index contributed by atoms with van der Waals surface area (Å²) < 4.78 is 10.3. The number of esters is 1. The van der Waals surface area contributed by atoms with Gasteiger partial charge >= 0.3 is 5.97 Å². The number of rotatable bonds is 5. The average molecular weight is 263 g/mol. The third-order valence-corrected chi connectivity index (χ3v) is 3.49. The fourth-order valence-electron chi connectivity index (χ4n) is 2.64. The molecular weight excluding hydrogens is 242 g/mol. The molecule has 0 bridgehead atoms. The van der Waals surface area contributed by atoms with Crippen molar-refractivity contribution in [1.82, 2.24) is 0 Å². The zero-order valence-corrected chi connectivity index (χ0v) is 11.6. The summed E-state index contributed by atoms with van der Waals surface area (Å²) in [5.74, 6) is 0.688. The monoisotopic (exact) mass is 263 g/mol. The molecule has 1 unspecified atom stereocenters. The van der Waals surface area contributed by atoms with Crippen LogP contribution >= 0.6 is 0 Å². The molecule has 0 saturated heterocycles. The van der Waals surface area contributed by atoms with Crippen molar-refractivity contribution in [3.8, 4) is 5.75 Å². The van der Waals surface area contributed by atoms with Crippen LogP contribution in [0.5, 0.6) is 5.75 Å². The third kappa shape index (κ3) is 3.26. The summed E-state index contributed by atoms with van der Waals surface area (Å²) in [6.45, 7) is 2.61. The van der Waals surface area contributed by atoms with Crippen molar-refractivity contribution < 1.29 is 14.3 Å². The number of fused-ring (bicyclic) bond motifs is 1. The largest absolute Gasteiger partial charge is 0.494 e. The lowest BCUT2D eigenvalue weighted by atomic mass is 9.99. The lowest BCUT2D eigenvalue weighted by Crippen LogP contribution is -2.19. The van der Waals surface area contributed by atoms with Gasteiger partial charge in [-0.3, -0.25) is 4.79 Å². The molecule has 4 heteroatoms. The molecule has 0 saturated carbocycles. The molecule has 2 N–H and O–H groups in total. The second-order valence-electron chi connectivity index (χ2n) is 4.90. The topological polar surface area (TPSA) is 61.5 Å². The highest BCUT2D eigenvalue weighted by molar-refractivity contribution is 5.69. The first kappa shape index (κ1) is 13.9. The van der Waals surface area contributed by atoms with Crippen molar-refractivity contribution >= 4 is 5.97 Å². The van der Waals surface area contributed by atoms with Crippen molar-refractivity contribution in [3.63, 3.8) is 0 Å². The quantitative estimate of drug-likeness (QED) is 0.820. The van der Waals surface area contributed by atoms with Gasteiger partial charge in [-0.05, 0) is 55.0 Å². The zero-order chi connectivity index (χ0) is 13.8. The molecule has 0 aromatic heterocycles. The first-order valence-corrected chi connectivity index (χ1v) is 6.74. The molecule has 0 aliphatic heterocycles. The molecule has 19 heavy (non-hydrogen) atoms. The fraction of sp³-hybridized carbons (Fsp3) is 0.533. The van der Waals surface area contributed by atoms with E-state index < -0.39 is 0 Å². The molecule has 0 radical (unpaired) electrons. The molecule has 1 atom stereocenters. The highest BCUT2D eigenvalue weighted by Gasteiger charge is 2.22. The Kier molecular flexibility index (Phi) is 4.43. The van der Waals surface area contributed by atoms with Crippen LogP contribution in [0.25, 0.3) is 0 Å². The van der Waals surface area contributed by atoms with Gasteiger partial charge in [0, 0.05) is 12.5 Å². The smallest absolute Gasteiger partial charge is 0.305 e. The van der Waals surface area contributed by atoms with E-state index in [4.69, 9.17) is 15.2 Å². The lowest BCUT2D eigenvalue weighted by Gasteiger charge is -2.12. The van der Waals surface area contributed by atoms with E-state index in [-0.39, 0.29) is 12.0 Å². The second-order valence-corrected chi connectivity index (χ2v) is 4.90. The summed E-state index contributed by atoms with van der Waals surface area (Å²) in [4.78, 5) is 11.3. The fourth-order valence-corrected chi connectivity index (χ4v) is 2.64. The van der Waals surface area contributed by atoms with Gasteiger partial charge in [-0.1, -0.05) is 0 Å². The van der Waals surface area contributed by atoms with Crippen LogP contribution in [0.4, 0.5) is 0 Å². The van der Waals surface area contributed by atoms with Crippen LogP contribution in [0.15, 0.2) is 12.1 Å². The minimum Gasteiger partial charge on any atom is -0.494 e. The van der Waals surface area contributed by atoms with Gasteiger partial charge in [-0.2, -0.15) is 0 Å². The van der Waals surface area contributed by atoms with E-state index in [9.17, 15) is 4.79 Å². The highest BCUT2D eigenvalue weighted by atomic mass is 16.5. The molecule has 0 fully saturated rings. The molecule has 1 aliphatic carbocycles. The normalized spacial score (nSPS) is 17.1. The minimum absolute atomic E-state index is 0.183. The van der Waals surface area contributed by atoms with Gasteiger partial charge in [0.25, 0.3) is 0 Å².